The van der Waals surface area contributed by atoms with Gasteiger partial charge >= 0.3 is 0 Å². The molecule has 0 atom stereocenters. The molecule has 0 unspecified atom stereocenters. The van der Waals surface area contributed by atoms with Crippen LogP contribution in [0.15, 0.2) is 70.9 Å². The number of rotatable bonds is 6. The molecule has 6 nitrogen and oxygen atoms in total. The second-order valence-corrected chi connectivity index (χ2v) is 8.49. The number of carbonyl (C=O) groups excluding carboxylic acids is 1. The summed E-state index contributed by atoms with van der Waals surface area (Å²) in [6.45, 7) is 0. The van der Waals surface area contributed by atoms with Gasteiger partial charge in [-0.25, -0.2) is 8.42 Å². The molecule has 1 amide bonds. The molecule has 1 N–H and O–H groups in total. The second-order valence-electron chi connectivity index (χ2n) is 5.60. The van der Waals surface area contributed by atoms with Gasteiger partial charge in [0.25, 0.3) is 15.9 Å². The van der Waals surface area contributed by atoms with Gasteiger partial charge < -0.3 is 5.32 Å². The zero-order valence-corrected chi connectivity index (χ0v) is 16.4. The van der Waals surface area contributed by atoms with Gasteiger partial charge in [-0.3, -0.25) is 9.63 Å². The summed E-state index contributed by atoms with van der Waals surface area (Å²) in [7, 11) is -1.28. The molecule has 0 bridgehead atoms. The number of amides is 1. The summed E-state index contributed by atoms with van der Waals surface area (Å²) in [6, 6.07) is 17.2. The summed E-state index contributed by atoms with van der Waals surface area (Å²) in [5, 5.41) is 4.83. The lowest BCUT2D eigenvalue weighted by Gasteiger charge is -2.15. The maximum absolute atomic E-state index is 12.7. The number of benzene rings is 2. The van der Waals surface area contributed by atoms with Gasteiger partial charge in [0.2, 0.25) is 0 Å². The van der Waals surface area contributed by atoms with Crippen molar-refractivity contribution in [2.45, 2.75) is 4.90 Å². The van der Waals surface area contributed by atoms with Gasteiger partial charge in [0.05, 0.1) is 12.0 Å². The second kappa shape index (κ2) is 8.01. The zero-order chi connectivity index (χ0) is 19.4. The highest BCUT2D eigenvalue weighted by Gasteiger charge is 2.22. The Labute approximate surface area is 162 Å². The monoisotopic (exact) mass is 402 g/mol. The number of para-hydroxylation sites is 1. The van der Waals surface area contributed by atoms with Gasteiger partial charge in [0.15, 0.2) is 0 Å². The van der Waals surface area contributed by atoms with Crippen molar-refractivity contribution >= 4 is 33.0 Å². The number of nitrogens with zero attached hydrogens (tertiary/aromatic N) is 1. The Morgan fingerprint density at radius 3 is 2.56 bits per heavy atom. The fourth-order valence-corrected chi connectivity index (χ4v) is 4.26. The Balaban J connectivity index is 1.90. The summed E-state index contributed by atoms with van der Waals surface area (Å²) in [6.07, 6.45) is 0. The Hall–Kier alpha value is -2.52. The van der Waals surface area contributed by atoms with Crippen molar-refractivity contribution in [2.24, 2.45) is 0 Å². The van der Waals surface area contributed by atoms with Gasteiger partial charge in [0.1, 0.15) is 0 Å². The fraction of sp³-hybridized carbons (Fsp3) is 0.105. The average molecular weight is 402 g/mol. The summed E-state index contributed by atoms with van der Waals surface area (Å²) >= 11 is 1.57. The molecule has 0 radical (unpaired) electrons. The van der Waals surface area contributed by atoms with Crippen molar-refractivity contribution in [2.75, 3.05) is 19.5 Å². The van der Waals surface area contributed by atoms with Crippen LogP contribution in [0.1, 0.15) is 10.4 Å². The maximum Gasteiger partial charge on any atom is 0.264 e. The molecule has 0 aliphatic rings. The van der Waals surface area contributed by atoms with Crippen molar-refractivity contribution in [3.8, 4) is 10.4 Å². The highest BCUT2D eigenvalue weighted by atomic mass is 32.2. The first-order valence-corrected chi connectivity index (χ1v) is 10.3. The number of nitrogens with one attached hydrogen (secondary N) is 1. The van der Waals surface area contributed by atoms with Crippen molar-refractivity contribution in [1.29, 1.82) is 0 Å². The van der Waals surface area contributed by atoms with Crippen LogP contribution in [0.5, 0.6) is 0 Å². The topological polar surface area (TPSA) is 75.7 Å². The van der Waals surface area contributed by atoms with Gasteiger partial charge in [-0.15, -0.1) is 11.3 Å². The van der Waals surface area contributed by atoms with Crippen LogP contribution in [-0.4, -0.2) is 33.0 Å². The molecule has 27 heavy (non-hydrogen) atoms. The van der Waals surface area contributed by atoms with E-state index in [9.17, 15) is 13.2 Å². The predicted molar refractivity (Wildman–Crippen MR) is 106 cm³/mol. The van der Waals surface area contributed by atoms with E-state index in [0.717, 1.165) is 14.9 Å². The van der Waals surface area contributed by atoms with Crippen molar-refractivity contribution in [3.63, 3.8) is 0 Å². The first-order valence-electron chi connectivity index (χ1n) is 8.01. The molecule has 3 rings (SSSR count). The normalized spacial score (nSPS) is 11.5. The van der Waals surface area contributed by atoms with Crippen LogP contribution in [0.4, 0.5) is 5.69 Å². The third-order valence-corrected chi connectivity index (χ3v) is 6.53. The summed E-state index contributed by atoms with van der Waals surface area (Å²) in [5.74, 6) is -0.392. The smallest absolute Gasteiger partial charge is 0.264 e. The fourth-order valence-electron chi connectivity index (χ4n) is 2.48. The van der Waals surface area contributed by atoms with E-state index in [2.05, 4.69) is 5.32 Å². The summed E-state index contributed by atoms with van der Waals surface area (Å²) in [4.78, 5) is 18.5. The van der Waals surface area contributed by atoms with Crippen LogP contribution in [0, 0.1) is 0 Å². The van der Waals surface area contributed by atoms with E-state index in [1.807, 2.05) is 41.8 Å². The van der Waals surface area contributed by atoms with Crippen LogP contribution < -0.4 is 5.32 Å². The van der Waals surface area contributed by atoms with Crippen molar-refractivity contribution < 1.29 is 18.0 Å². The van der Waals surface area contributed by atoms with Crippen molar-refractivity contribution in [3.05, 3.63) is 71.6 Å². The number of hydrogen-bond acceptors (Lipinski definition) is 5. The average Bonchev–Trinajstić information content (AvgIpc) is 3.22. The lowest BCUT2D eigenvalue weighted by atomic mass is 10.1. The molecule has 2 aromatic carbocycles. The number of carbonyl (C=O) groups is 1. The third-order valence-electron chi connectivity index (χ3n) is 3.95. The number of sulfonamides is 1. The quantitative estimate of drug-likeness (QED) is 0.636. The van der Waals surface area contributed by atoms with Crippen LogP contribution >= 0.6 is 11.3 Å². The number of hydroxylamine groups is 1. The lowest BCUT2D eigenvalue weighted by molar-refractivity contribution is -0.0258. The molecule has 3 aromatic rings. The minimum absolute atomic E-state index is 0.0222. The van der Waals surface area contributed by atoms with Gasteiger partial charge in [-0.05, 0) is 35.7 Å². The van der Waals surface area contributed by atoms with E-state index >= 15 is 0 Å². The maximum atomic E-state index is 12.7. The largest absolute Gasteiger partial charge is 0.321 e. The van der Waals surface area contributed by atoms with Crippen molar-refractivity contribution in [1.82, 2.24) is 4.47 Å². The van der Waals surface area contributed by atoms with Gasteiger partial charge in [-0.2, -0.15) is 0 Å². The first kappa shape index (κ1) is 19.2. The Bertz CT molecular complexity index is 1050. The lowest BCUT2D eigenvalue weighted by Crippen LogP contribution is -2.26. The van der Waals surface area contributed by atoms with E-state index < -0.39 is 15.9 Å². The standard InChI is InChI=1S/C19H18N2O4S2/c1-21(25-2)27(23,24)15-8-5-7-14(13-15)19(22)20-17-10-4-3-9-16(17)18-11-6-12-26-18/h3-13H,1-2H3,(H,20,22). The third kappa shape index (κ3) is 4.09. The molecule has 0 aliphatic heterocycles. The molecule has 0 spiro atoms. The molecule has 0 fully saturated rings. The van der Waals surface area contributed by atoms with E-state index in [0.29, 0.717) is 5.69 Å². The van der Waals surface area contributed by atoms with E-state index in [4.69, 9.17) is 4.84 Å². The molecule has 0 saturated carbocycles. The number of hydrogen-bond donors (Lipinski definition) is 1. The molecule has 0 aliphatic carbocycles. The predicted octanol–water partition coefficient (Wildman–Crippen LogP) is 3.85. The number of anilines is 1. The van der Waals surface area contributed by atoms with Gasteiger partial charge in [-0.1, -0.05) is 34.8 Å². The minimum atomic E-state index is -3.83. The first-order chi connectivity index (χ1) is 12.9. The minimum Gasteiger partial charge on any atom is -0.321 e. The van der Waals surface area contributed by atoms with Crippen LogP contribution in [0.25, 0.3) is 10.4 Å². The van der Waals surface area contributed by atoms with Crippen LogP contribution in [0.2, 0.25) is 0 Å². The molecular formula is C19H18N2O4S2. The molecule has 0 saturated heterocycles. The highest BCUT2D eigenvalue weighted by molar-refractivity contribution is 7.89. The van der Waals surface area contributed by atoms with Gasteiger partial charge in [0, 0.05) is 28.7 Å². The molecular weight excluding hydrogens is 384 g/mol. The molecule has 8 heteroatoms. The van der Waals surface area contributed by atoms with Crippen LogP contribution in [-0.2, 0) is 14.9 Å². The molecule has 140 valence electrons. The summed E-state index contributed by atoms with van der Waals surface area (Å²) in [5.41, 5.74) is 1.80. The number of thiophene rings is 1. The molecule has 1 heterocycles. The Kier molecular flexibility index (Phi) is 5.71. The Morgan fingerprint density at radius 1 is 1.07 bits per heavy atom. The highest BCUT2D eigenvalue weighted by Crippen LogP contribution is 2.31. The SMILES string of the molecule is CON(C)S(=O)(=O)c1cccc(C(=O)Nc2ccccc2-c2cccs2)c1. The Morgan fingerprint density at radius 2 is 1.85 bits per heavy atom. The zero-order valence-electron chi connectivity index (χ0n) is 14.7. The van der Waals surface area contributed by atoms with E-state index in [1.54, 1.807) is 17.4 Å². The molecule has 1 aromatic heterocycles. The van der Waals surface area contributed by atoms with Crippen LogP contribution in [0.3, 0.4) is 0 Å². The van der Waals surface area contributed by atoms with E-state index in [-0.39, 0.29) is 10.5 Å². The van der Waals surface area contributed by atoms with E-state index in [1.165, 1.54) is 32.4 Å². The summed E-state index contributed by atoms with van der Waals surface area (Å²) < 4.78 is 25.5.